The molecule has 23 heavy (non-hydrogen) atoms. The van der Waals surface area contributed by atoms with Crippen LogP contribution < -0.4 is 0 Å². The number of hydrogen-bond donors (Lipinski definition) is 0. The third-order valence-corrected chi connectivity index (χ3v) is 4.71. The van der Waals surface area contributed by atoms with Crippen molar-refractivity contribution >= 4 is 11.6 Å². The number of methoxy groups -OCH3 is 1. The van der Waals surface area contributed by atoms with Crippen LogP contribution >= 0.6 is 11.6 Å². The van der Waals surface area contributed by atoms with Gasteiger partial charge in [-0.15, -0.1) is 0 Å². The zero-order valence-corrected chi connectivity index (χ0v) is 14.5. The Labute approximate surface area is 142 Å². The Balaban J connectivity index is 1.73. The van der Waals surface area contributed by atoms with Gasteiger partial charge >= 0.3 is 0 Å². The maximum Gasteiger partial charge on any atom is 0.228 e. The molecule has 0 spiro atoms. The number of ether oxygens (including phenoxy) is 1. The predicted molar refractivity (Wildman–Crippen MR) is 91.6 cm³/mol. The molecule has 5 heteroatoms. The molecular formula is C18H23ClN2O2. The van der Waals surface area contributed by atoms with Gasteiger partial charge in [-0.3, -0.25) is 4.90 Å². The molecule has 0 unspecified atom stereocenters. The molecular weight excluding hydrogens is 312 g/mol. The average molecular weight is 335 g/mol. The van der Waals surface area contributed by atoms with Gasteiger partial charge < -0.3 is 9.15 Å². The van der Waals surface area contributed by atoms with Crippen LogP contribution in [0.4, 0.5) is 0 Å². The molecule has 0 radical (unpaired) electrons. The van der Waals surface area contributed by atoms with E-state index in [1.54, 1.807) is 7.11 Å². The van der Waals surface area contributed by atoms with E-state index in [0.717, 1.165) is 43.3 Å². The van der Waals surface area contributed by atoms with Crippen molar-refractivity contribution in [3.05, 3.63) is 40.7 Å². The SMILES string of the molecule is COC[C@@H]1CCCN(Cc2nc(-c3ccccc3Cl)oc2C)C1. The Morgan fingerprint density at radius 1 is 1.39 bits per heavy atom. The van der Waals surface area contributed by atoms with Gasteiger partial charge in [-0.25, -0.2) is 4.98 Å². The second-order valence-corrected chi connectivity index (χ2v) is 6.61. The molecule has 0 aliphatic carbocycles. The van der Waals surface area contributed by atoms with E-state index in [2.05, 4.69) is 9.88 Å². The van der Waals surface area contributed by atoms with Crippen LogP contribution in [0.2, 0.25) is 5.02 Å². The predicted octanol–water partition coefficient (Wildman–Crippen LogP) is 4.16. The molecule has 4 nitrogen and oxygen atoms in total. The largest absolute Gasteiger partial charge is 0.441 e. The number of oxazole rings is 1. The van der Waals surface area contributed by atoms with Crippen LogP contribution in [0.3, 0.4) is 0 Å². The number of hydrogen-bond acceptors (Lipinski definition) is 4. The number of likely N-dealkylation sites (tertiary alicyclic amines) is 1. The highest BCUT2D eigenvalue weighted by molar-refractivity contribution is 6.33. The van der Waals surface area contributed by atoms with Crippen molar-refractivity contribution in [1.29, 1.82) is 0 Å². The normalized spacial score (nSPS) is 19.2. The van der Waals surface area contributed by atoms with Gasteiger partial charge in [-0.1, -0.05) is 23.7 Å². The number of benzene rings is 1. The van der Waals surface area contributed by atoms with E-state index in [4.69, 9.17) is 20.8 Å². The lowest BCUT2D eigenvalue weighted by Crippen LogP contribution is -2.36. The fourth-order valence-electron chi connectivity index (χ4n) is 3.20. The second kappa shape index (κ2) is 7.47. The fraction of sp³-hybridized carbons (Fsp3) is 0.500. The van der Waals surface area contributed by atoms with Gasteiger partial charge in [0.1, 0.15) is 5.76 Å². The second-order valence-electron chi connectivity index (χ2n) is 6.20. The molecule has 2 heterocycles. The first kappa shape index (κ1) is 16.5. The first-order valence-electron chi connectivity index (χ1n) is 8.10. The minimum atomic E-state index is 0.605. The topological polar surface area (TPSA) is 38.5 Å². The first-order chi connectivity index (χ1) is 11.2. The average Bonchev–Trinajstić information content (AvgIpc) is 2.89. The van der Waals surface area contributed by atoms with Crippen molar-refractivity contribution in [3.8, 4) is 11.5 Å². The van der Waals surface area contributed by atoms with Crippen LogP contribution in [0.5, 0.6) is 0 Å². The zero-order valence-electron chi connectivity index (χ0n) is 13.7. The molecule has 1 atom stereocenters. The van der Waals surface area contributed by atoms with Crippen molar-refractivity contribution < 1.29 is 9.15 Å². The van der Waals surface area contributed by atoms with Crippen LogP contribution in [0, 0.1) is 12.8 Å². The van der Waals surface area contributed by atoms with Gasteiger partial charge in [0.05, 0.1) is 22.9 Å². The summed E-state index contributed by atoms with van der Waals surface area (Å²) in [5, 5.41) is 0.665. The van der Waals surface area contributed by atoms with E-state index in [9.17, 15) is 0 Å². The summed E-state index contributed by atoms with van der Waals surface area (Å²) in [6, 6.07) is 7.65. The van der Waals surface area contributed by atoms with Crippen LogP contribution in [0.25, 0.3) is 11.5 Å². The van der Waals surface area contributed by atoms with Gasteiger partial charge in [0.2, 0.25) is 5.89 Å². The van der Waals surface area contributed by atoms with Crippen LogP contribution in [-0.2, 0) is 11.3 Å². The van der Waals surface area contributed by atoms with Crippen molar-refractivity contribution in [3.63, 3.8) is 0 Å². The molecule has 1 aliphatic heterocycles. The minimum absolute atomic E-state index is 0.605. The molecule has 2 aromatic rings. The van der Waals surface area contributed by atoms with Crippen molar-refractivity contribution in [1.82, 2.24) is 9.88 Å². The highest BCUT2D eigenvalue weighted by Gasteiger charge is 2.22. The molecule has 1 aromatic carbocycles. The monoisotopic (exact) mass is 334 g/mol. The molecule has 1 aromatic heterocycles. The van der Waals surface area contributed by atoms with Gasteiger partial charge in [-0.05, 0) is 44.4 Å². The summed E-state index contributed by atoms with van der Waals surface area (Å²) < 4.78 is 11.2. The highest BCUT2D eigenvalue weighted by atomic mass is 35.5. The quantitative estimate of drug-likeness (QED) is 0.823. The summed E-state index contributed by atoms with van der Waals surface area (Å²) in [6.45, 7) is 5.79. The first-order valence-corrected chi connectivity index (χ1v) is 8.47. The number of aryl methyl sites for hydroxylation is 1. The lowest BCUT2D eigenvalue weighted by atomic mass is 9.99. The molecule has 0 saturated carbocycles. The molecule has 3 rings (SSSR count). The summed E-state index contributed by atoms with van der Waals surface area (Å²) in [7, 11) is 1.77. The number of rotatable bonds is 5. The number of nitrogens with zero attached hydrogens (tertiary/aromatic N) is 2. The smallest absolute Gasteiger partial charge is 0.228 e. The van der Waals surface area contributed by atoms with Gasteiger partial charge in [0, 0.05) is 20.2 Å². The lowest BCUT2D eigenvalue weighted by Gasteiger charge is -2.31. The van der Waals surface area contributed by atoms with E-state index >= 15 is 0 Å². The summed E-state index contributed by atoms with van der Waals surface area (Å²) in [5.74, 6) is 2.09. The van der Waals surface area contributed by atoms with E-state index in [0.29, 0.717) is 16.8 Å². The molecule has 0 amide bonds. The van der Waals surface area contributed by atoms with E-state index in [1.807, 2.05) is 31.2 Å². The Hall–Kier alpha value is -1.36. The Morgan fingerprint density at radius 2 is 2.22 bits per heavy atom. The van der Waals surface area contributed by atoms with Crippen LogP contribution in [0.15, 0.2) is 28.7 Å². The van der Waals surface area contributed by atoms with Crippen molar-refractivity contribution in [2.24, 2.45) is 5.92 Å². The summed E-state index contributed by atoms with van der Waals surface area (Å²) >= 11 is 6.24. The van der Waals surface area contributed by atoms with E-state index in [1.165, 1.54) is 12.8 Å². The highest BCUT2D eigenvalue weighted by Crippen LogP contribution is 2.29. The third-order valence-electron chi connectivity index (χ3n) is 4.38. The fourth-order valence-corrected chi connectivity index (χ4v) is 3.42. The summed E-state index contributed by atoms with van der Waals surface area (Å²) in [4.78, 5) is 7.12. The van der Waals surface area contributed by atoms with Gasteiger partial charge in [0.15, 0.2) is 0 Å². The number of halogens is 1. The van der Waals surface area contributed by atoms with Crippen LogP contribution in [0.1, 0.15) is 24.3 Å². The molecule has 1 fully saturated rings. The number of piperidine rings is 1. The zero-order chi connectivity index (χ0) is 16.2. The van der Waals surface area contributed by atoms with E-state index < -0.39 is 0 Å². The third kappa shape index (κ3) is 3.94. The van der Waals surface area contributed by atoms with Gasteiger partial charge in [-0.2, -0.15) is 0 Å². The lowest BCUT2D eigenvalue weighted by molar-refractivity contribution is 0.0866. The van der Waals surface area contributed by atoms with Gasteiger partial charge in [0.25, 0.3) is 0 Å². The molecule has 124 valence electrons. The summed E-state index contributed by atoms with van der Waals surface area (Å²) in [5.41, 5.74) is 1.84. The molecule has 1 saturated heterocycles. The molecule has 0 N–H and O–H groups in total. The Morgan fingerprint density at radius 3 is 3.00 bits per heavy atom. The molecule has 0 bridgehead atoms. The van der Waals surface area contributed by atoms with Crippen LogP contribution in [-0.4, -0.2) is 36.7 Å². The standard InChI is InChI=1S/C18H23ClN2O2/c1-13-17(11-21-9-5-6-14(10-21)12-22-2)20-18(23-13)15-7-3-4-8-16(15)19/h3-4,7-8,14H,5-6,9-12H2,1-2H3/t14-/m1/s1. The van der Waals surface area contributed by atoms with Crippen molar-refractivity contribution in [2.45, 2.75) is 26.3 Å². The minimum Gasteiger partial charge on any atom is -0.441 e. The molecule has 1 aliphatic rings. The van der Waals surface area contributed by atoms with E-state index in [-0.39, 0.29) is 0 Å². The Bertz CT molecular complexity index is 654. The van der Waals surface area contributed by atoms with Crippen molar-refractivity contribution in [2.75, 3.05) is 26.8 Å². The Kier molecular flexibility index (Phi) is 5.36. The maximum atomic E-state index is 6.24. The number of aromatic nitrogens is 1. The maximum absolute atomic E-state index is 6.24. The summed E-state index contributed by atoms with van der Waals surface area (Å²) in [6.07, 6.45) is 2.45.